The fraction of sp³-hybridized carbons (Fsp3) is 0.375. The highest BCUT2D eigenvalue weighted by molar-refractivity contribution is 5.90. The van der Waals surface area contributed by atoms with Gasteiger partial charge in [-0.3, -0.25) is 0 Å². The van der Waals surface area contributed by atoms with E-state index in [1.54, 1.807) is 37.8 Å². The molecule has 25 heavy (non-hydrogen) atoms. The zero-order valence-corrected chi connectivity index (χ0v) is 14.7. The van der Waals surface area contributed by atoms with Crippen LogP contribution in [0, 0.1) is 0 Å². The second kappa shape index (κ2) is 7.65. The lowest BCUT2D eigenvalue weighted by molar-refractivity contribution is 0.0234. The molecule has 0 aliphatic heterocycles. The summed E-state index contributed by atoms with van der Waals surface area (Å²) in [5.74, 6) is 0. The summed E-state index contributed by atoms with van der Waals surface area (Å²) in [5.41, 5.74) is 3.30. The Morgan fingerprint density at radius 3 is 2.72 bits per heavy atom. The summed E-state index contributed by atoms with van der Waals surface area (Å²) < 4.78 is 6.83. The van der Waals surface area contributed by atoms with Crippen LogP contribution in [0.25, 0.3) is 0 Å². The van der Waals surface area contributed by atoms with Crippen LogP contribution in [0.2, 0.25) is 0 Å². The van der Waals surface area contributed by atoms with E-state index in [9.17, 15) is 9.59 Å². The molecule has 2 rings (SSSR count). The van der Waals surface area contributed by atoms with Crippen molar-refractivity contribution >= 4 is 17.8 Å². The molecule has 1 heterocycles. The number of hydrazine groups is 1. The maximum Gasteiger partial charge on any atom is 0.428 e. The zero-order valence-electron chi connectivity index (χ0n) is 14.7. The summed E-state index contributed by atoms with van der Waals surface area (Å²) in [6, 6.07) is 6.75. The molecule has 134 valence electrons. The van der Waals surface area contributed by atoms with Gasteiger partial charge in [0.15, 0.2) is 0 Å². The first-order valence-electron chi connectivity index (χ1n) is 7.68. The van der Waals surface area contributed by atoms with Crippen LogP contribution in [0.1, 0.15) is 26.3 Å². The maximum absolute atomic E-state index is 12.0. The Labute approximate surface area is 146 Å². The average molecular weight is 346 g/mol. The van der Waals surface area contributed by atoms with E-state index in [-0.39, 0.29) is 0 Å². The van der Waals surface area contributed by atoms with Crippen molar-refractivity contribution in [1.82, 2.24) is 25.2 Å². The number of carbonyl (C=O) groups excluding carboxylic acids is 2. The van der Waals surface area contributed by atoms with E-state index in [0.29, 0.717) is 12.2 Å². The monoisotopic (exact) mass is 346 g/mol. The van der Waals surface area contributed by atoms with Crippen LogP contribution in [0.15, 0.2) is 36.9 Å². The normalized spacial score (nSPS) is 10.9. The van der Waals surface area contributed by atoms with Crippen LogP contribution in [-0.4, -0.2) is 44.5 Å². The molecule has 0 fully saturated rings. The Morgan fingerprint density at radius 1 is 1.32 bits per heavy atom. The quantitative estimate of drug-likeness (QED) is 0.830. The SMILES string of the molecule is CN(NC(=O)Nc1cccc(Cn2cncn2)c1)C(=O)OC(C)(C)C. The molecule has 1 aromatic heterocycles. The van der Waals surface area contributed by atoms with Crippen molar-refractivity contribution in [2.24, 2.45) is 0 Å². The highest BCUT2D eigenvalue weighted by Gasteiger charge is 2.20. The Kier molecular flexibility index (Phi) is 5.58. The standard InChI is InChI=1S/C16H22N6O3/c1-16(2,3)25-15(24)21(4)20-14(23)19-13-7-5-6-12(8-13)9-22-11-17-10-18-22/h5-8,10-11H,9H2,1-4H3,(H2,19,20,23). The van der Waals surface area contributed by atoms with Crippen LogP contribution in [0.3, 0.4) is 0 Å². The van der Waals surface area contributed by atoms with E-state index in [0.717, 1.165) is 10.6 Å². The number of hydrogen-bond donors (Lipinski definition) is 2. The number of nitrogens with one attached hydrogen (secondary N) is 2. The highest BCUT2D eigenvalue weighted by Crippen LogP contribution is 2.12. The first-order valence-corrected chi connectivity index (χ1v) is 7.68. The number of anilines is 1. The minimum Gasteiger partial charge on any atom is -0.442 e. The smallest absolute Gasteiger partial charge is 0.428 e. The second-order valence-corrected chi connectivity index (χ2v) is 6.40. The maximum atomic E-state index is 12.0. The van der Waals surface area contributed by atoms with Crippen molar-refractivity contribution in [3.63, 3.8) is 0 Å². The third kappa shape index (κ3) is 6.13. The lowest BCUT2D eigenvalue weighted by Crippen LogP contribution is -2.47. The molecular formula is C16H22N6O3. The van der Waals surface area contributed by atoms with E-state index in [2.05, 4.69) is 20.8 Å². The molecule has 9 heteroatoms. The fourth-order valence-electron chi connectivity index (χ4n) is 1.94. The van der Waals surface area contributed by atoms with Crippen molar-refractivity contribution in [3.8, 4) is 0 Å². The zero-order chi connectivity index (χ0) is 18.4. The molecule has 0 bridgehead atoms. The predicted molar refractivity (Wildman–Crippen MR) is 91.7 cm³/mol. The van der Waals surface area contributed by atoms with Gasteiger partial charge in [-0.05, 0) is 38.5 Å². The van der Waals surface area contributed by atoms with Crippen molar-refractivity contribution in [2.75, 3.05) is 12.4 Å². The average Bonchev–Trinajstić information content (AvgIpc) is 2.98. The number of hydrogen-bond acceptors (Lipinski definition) is 5. The number of carbonyl (C=O) groups is 2. The molecule has 3 amide bonds. The molecule has 0 saturated heterocycles. The van der Waals surface area contributed by atoms with E-state index >= 15 is 0 Å². The van der Waals surface area contributed by atoms with Crippen LogP contribution in [0.5, 0.6) is 0 Å². The van der Waals surface area contributed by atoms with Gasteiger partial charge in [0.25, 0.3) is 0 Å². The third-order valence-corrected chi connectivity index (χ3v) is 2.93. The largest absolute Gasteiger partial charge is 0.442 e. The van der Waals surface area contributed by atoms with Crippen LogP contribution >= 0.6 is 0 Å². The van der Waals surface area contributed by atoms with Gasteiger partial charge in [-0.25, -0.2) is 29.7 Å². The summed E-state index contributed by atoms with van der Waals surface area (Å²) in [4.78, 5) is 27.7. The summed E-state index contributed by atoms with van der Waals surface area (Å²) in [6.45, 7) is 5.78. The Hall–Kier alpha value is -3.10. The number of nitrogens with zero attached hydrogens (tertiary/aromatic N) is 4. The van der Waals surface area contributed by atoms with Gasteiger partial charge in [-0.2, -0.15) is 5.10 Å². The molecular weight excluding hydrogens is 324 g/mol. The highest BCUT2D eigenvalue weighted by atomic mass is 16.6. The van der Waals surface area contributed by atoms with Gasteiger partial charge in [0.1, 0.15) is 18.3 Å². The molecule has 0 aliphatic carbocycles. The summed E-state index contributed by atoms with van der Waals surface area (Å²) in [5, 5.41) is 7.69. The van der Waals surface area contributed by atoms with Gasteiger partial charge in [0, 0.05) is 12.7 Å². The molecule has 0 saturated carbocycles. The van der Waals surface area contributed by atoms with E-state index in [1.807, 2.05) is 18.2 Å². The van der Waals surface area contributed by atoms with Crippen LogP contribution in [0.4, 0.5) is 15.3 Å². The lowest BCUT2D eigenvalue weighted by Gasteiger charge is -2.24. The minimum atomic E-state index is -0.650. The molecule has 0 spiro atoms. The topological polar surface area (TPSA) is 101 Å². The molecule has 2 aromatic rings. The van der Waals surface area contributed by atoms with E-state index < -0.39 is 17.7 Å². The first-order chi connectivity index (χ1) is 11.7. The van der Waals surface area contributed by atoms with Crippen molar-refractivity contribution < 1.29 is 14.3 Å². The van der Waals surface area contributed by atoms with Crippen molar-refractivity contribution in [2.45, 2.75) is 32.9 Å². The number of ether oxygens (including phenoxy) is 1. The molecule has 2 N–H and O–H groups in total. The molecule has 1 aromatic carbocycles. The van der Waals surface area contributed by atoms with Gasteiger partial charge < -0.3 is 10.1 Å². The molecule has 9 nitrogen and oxygen atoms in total. The first kappa shape index (κ1) is 18.2. The van der Waals surface area contributed by atoms with Gasteiger partial charge in [0.05, 0.1) is 6.54 Å². The molecule has 0 atom stereocenters. The Balaban J connectivity index is 1.91. The van der Waals surface area contributed by atoms with Gasteiger partial charge >= 0.3 is 12.1 Å². The number of benzene rings is 1. The van der Waals surface area contributed by atoms with Crippen LogP contribution in [-0.2, 0) is 11.3 Å². The summed E-state index contributed by atoms with van der Waals surface area (Å²) in [6.07, 6.45) is 2.42. The van der Waals surface area contributed by atoms with Gasteiger partial charge in [0.2, 0.25) is 0 Å². The van der Waals surface area contributed by atoms with Crippen molar-refractivity contribution in [3.05, 3.63) is 42.5 Å². The van der Waals surface area contributed by atoms with Gasteiger partial charge in [-0.15, -0.1) is 0 Å². The third-order valence-electron chi connectivity index (χ3n) is 2.93. The molecule has 0 radical (unpaired) electrons. The van der Waals surface area contributed by atoms with Gasteiger partial charge in [-0.1, -0.05) is 12.1 Å². The van der Waals surface area contributed by atoms with E-state index in [1.165, 1.54) is 13.4 Å². The predicted octanol–water partition coefficient (Wildman–Crippen LogP) is 2.23. The lowest BCUT2D eigenvalue weighted by atomic mass is 10.2. The molecule has 0 unspecified atom stereocenters. The number of amides is 3. The summed E-state index contributed by atoms with van der Waals surface area (Å²) in [7, 11) is 1.41. The summed E-state index contributed by atoms with van der Waals surface area (Å²) >= 11 is 0. The fourth-order valence-corrected chi connectivity index (χ4v) is 1.94. The number of urea groups is 1. The van der Waals surface area contributed by atoms with Crippen molar-refractivity contribution in [1.29, 1.82) is 0 Å². The molecule has 0 aliphatic rings. The Bertz CT molecular complexity index is 724. The number of rotatable bonds is 3. The van der Waals surface area contributed by atoms with E-state index in [4.69, 9.17) is 4.74 Å². The number of aromatic nitrogens is 3. The second-order valence-electron chi connectivity index (χ2n) is 6.40. The van der Waals surface area contributed by atoms with Crippen LogP contribution < -0.4 is 10.7 Å². The minimum absolute atomic E-state index is 0.537. The Morgan fingerprint density at radius 2 is 2.08 bits per heavy atom.